The van der Waals surface area contributed by atoms with E-state index in [9.17, 15) is 14.7 Å². The molecule has 9 heteroatoms. The van der Waals surface area contributed by atoms with Crippen molar-refractivity contribution in [3.05, 3.63) is 70.2 Å². The molecule has 1 unspecified atom stereocenters. The lowest BCUT2D eigenvalue weighted by atomic mass is 9.95. The van der Waals surface area contributed by atoms with Gasteiger partial charge >= 0.3 is 5.91 Å². The van der Waals surface area contributed by atoms with Crippen molar-refractivity contribution >= 4 is 33.9 Å². The van der Waals surface area contributed by atoms with Crippen LogP contribution in [0.5, 0.6) is 11.5 Å². The molecule has 1 atom stereocenters. The first-order valence-corrected chi connectivity index (χ1v) is 12.3. The molecular formula is C26H27N3O5S. The number of rotatable bonds is 9. The molecule has 182 valence electrons. The molecule has 1 fully saturated rings. The Hall–Kier alpha value is -3.72. The van der Waals surface area contributed by atoms with E-state index in [1.54, 1.807) is 49.4 Å². The second-order valence-electron chi connectivity index (χ2n) is 8.07. The Morgan fingerprint density at radius 1 is 1.00 bits per heavy atom. The second kappa shape index (κ2) is 10.7. The zero-order chi connectivity index (χ0) is 24.9. The SMILES string of the molecule is CCCOc1ccc(/C(O)=C2\C(=O)C(=O)N(c3nnc(C)s3)C2c2cccc(OCCC)c2)cc1. The number of ether oxygens (including phenoxy) is 2. The molecule has 0 spiro atoms. The highest BCUT2D eigenvalue weighted by atomic mass is 32.1. The highest BCUT2D eigenvalue weighted by molar-refractivity contribution is 7.15. The van der Waals surface area contributed by atoms with E-state index in [2.05, 4.69) is 10.2 Å². The lowest BCUT2D eigenvalue weighted by molar-refractivity contribution is -0.132. The van der Waals surface area contributed by atoms with Crippen molar-refractivity contribution in [2.45, 2.75) is 39.7 Å². The van der Waals surface area contributed by atoms with Gasteiger partial charge in [-0.25, -0.2) is 0 Å². The Labute approximate surface area is 207 Å². The third-order valence-corrected chi connectivity index (χ3v) is 6.25. The fraction of sp³-hybridized carbons (Fsp3) is 0.308. The lowest BCUT2D eigenvalue weighted by Crippen LogP contribution is -2.29. The van der Waals surface area contributed by atoms with E-state index in [1.807, 2.05) is 19.9 Å². The fourth-order valence-electron chi connectivity index (χ4n) is 3.81. The summed E-state index contributed by atoms with van der Waals surface area (Å²) in [5, 5.41) is 20.3. The Kier molecular flexibility index (Phi) is 7.45. The number of nitrogens with zero attached hydrogens (tertiary/aromatic N) is 3. The smallest absolute Gasteiger partial charge is 0.301 e. The first kappa shape index (κ1) is 24.4. The zero-order valence-corrected chi connectivity index (χ0v) is 20.7. The number of Topliss-reactive ketones (excluding diaryl/α,β-unsaturated/α-hetero) is 1. The first-order chi connectivity index (χ1) is 16.9. The number of benzene rings is 2. The predicted octanol–water partition coefficient (Wildman–Crippen LogP) is 5.05. The number of amides is 1. The largest absolute Gasteiger partial charge is 0.507 e. The molecule has 1 aromatic heterocycles. The van der Waals surface area contributed by atoms with Gasteiger partial charge in [-0.1, -0.05) is 37.3 Å². The van der Waals surface area contributed by atoms with E-state index in [4.69, 9.17) is 9.47 Å². The number of aliphatic hydroxyl groups is 1. The van der Waals surface area contributed by atoms with Crippen LogP contribution < -0.4 is 14.4 Å². The third kappa shape index (κ3) is 5.05. The summed E-state index contributed by atoms with van der Waals surface area (Å²) in [6, 6.07) is 13.1. The topological polar surface area (TPSA) is 102 Å². The number of aryl methyl sites for hydroxylation is 1. The molecule has 0 aliphatic carbocycles. The maximum atomic E-state index is 13.3. The highest BCUT2D eigenvalue weighted by Crippen LogP contribution is 2.43. The minimum atomic E-state index is -0.886. The van der Waals surface area contributed by atoms with Gasteiger partial charge in [-0.3, -0.25) is 14.5 Å². The van der Waals surface area contributed by atoms with Gasteiger partial charge in [0.2, 0.25) is 5.13 Å². The number of anilines is 1. The summed E-state index contributed by atoms with van der Waals surface area (Å²) in [6.07, 6.45) is 1.71. The monoisotopic (exact) mass is 493 g/mol. The first-order valence-electron chi connectivity index (χ1n) is 11.5. The van der Waals surface area contributed by atoms with Gasteiger partial charge < -0.3 is 14.6 Å². The number of carbonyl (C=O) groups excluding carboxylic acids is 2. The summed E-state index contributed by atoms with van der Waals surface area (Å²) in [6.45, 7) is 6.91. The fourth-order valence-corrected chi connectivity index (χ4v) is 4.52. The van der Waals surface area contributed by atoms with Crippen LogP contribution in [0, 0.1) is 6.92 Å². The summed E-state index contributed by atoms with van der Waals surface area (Å²) in [5.41, 5.74) is 1.01. The minimum absolute atomic E-state index is 0.0160. The van der Waals surface area contributed by atoms with Crippen molar-refractivity contribution in [2.24, 2.45) is 0 Å². The summed E-state index contributed by atoms with van der Waals surface area (Å²) < 4.78 is 11.4. The van der Waals surface area contributed by atoms with Crippen LogP contribution in [0.1, 0.15) is 48.9 Å². The summed E-state index contributed by atoms with van der Waals surface area (Å²) in [7, 11) is 0. The van der Waals surface area contributed by atoms with Gasteiger partial charge in [0.15, 0.2) is 0 Å². The summed E-state index contributed by atoms with van der Waals surface area (Å²) >= 11 is 1.21. The zero-order valence-electron chi connectivity index (χ0n) is 19.9. The molecule has 4 rings (SSSR count). The molecule has 1 aliphatic heterocycles. The van der Waals surface area contributed by atoms with Crippen molar-refractivity contribution < 1.29 is 24.2 Å². The van der Waals surface area contributed by atoms with Gasteiger partial charge in [0.05, 0.1) is 24.8 Å². The molecule has 1 saturated heterocycles. The second-order valence-corrected chi connectivity index (χ2v) is 9.23. The van der Waals surface area contributed by atoms with Crippen molar-refractivity contribution in [1.29, 1.82) is 0 Å². The van der Waals surface area contributed by atoms with Crippen molar-refractivity contribution in [2.75, 3.05) is 18.1 Å². The van der Waals surface area contributed by atoms with Crippen molar-refractivity contribution in [3.63, 3.8) is 0 Å². The van der Waals surface area contributed by atoms with E-state index in [1.165, 1.54) is 16.2 Å². The van der Waals surface area contributed by atoms with Crippen LogP contribution in [0.25, 0.3) is 5.76 Å². The molecule has 8 nitrogen and oxygen atoms in total. The molecule has 2 aromatic carbocycles. The summed E-state index contributed by atoms with van der Waals surface area (Å²) in [5.74, 6) is -0.549. The average Bonchev–Trinajstić information content (AvgIpc) is 3.41. The Morgan fingerprint density at radius 3 is 2.31 bits per heavy atom. The van der Waals surface area contributed by atoms with Crippen LogP contribution in [0.3, 0.4) is 0 Å². The van der Waals surface area contributed by atoms with E-state index >= 15 is 0 Å². The molecule has 1 N–H and O–H groups in total. The molecule has 1 aliphatic rings. The van der Waals surface area contributed by atoms with Gasteiger partial charge in [0.1, 0.15) is 22.3 Å². The average molecular weight is 494 g/mol. The van der Waals surface area contributed by atoms with E-state index in [0.29, 0.717) is 40.8 Å². The Balaban J connectivity index is 1.82. The predicted molar refractivity (Wildman–Crippen MR) is 134 cm³/mol. The normalized spacial score (nSPS) is 17.1. The van der Waals surface area contributed by atoms with Crippen LogP contribution in [0.4, 0.5) is 5.13 Å². The van der Waals surface area contributed by atoms with Crippen LogP contribution in [-0.2, 0) is 9.59 Å². The van der Waals surface area contributed by atoms with Gasteiger partial charge in [-0.05, 0) is 61.7 Å². The number of aliphatic hydroxyl groups excluding tert-OH is 1. The van der Waals surface area contributed by atoms with Crippen molar-refractivity contribution in [3.8, 4) is 11.5 Å². The molecule has 0 radical (unpaired) electrons. The van der Waals surface area contributed by atoms with E-state index in [-0.39, 0.29) is 16.5 Å². The minimum Gasteiger partial charge on any atom is -0.507 e. The molecule has 2 heterocycles. The van der Waals surface area contributed by atoms with E-state index in [0.717, 1.165) is 12.8 Å². The van der Waals surface area contributed by atoms with Crippen LogP contribution in [0.15, 0.2) is 54.1 Å². The van der Waals surface area contributed by atoms with Gasteiger partial charge in [-0.2, -0.15) is 0 Å². The Bertz CT molecular complexity index is 1250. The molecule has 0 saturated carbocycles. The lowest BCUT2D eigenvalue weighted by Gasteiger charge is -2.23. The van der Waals surface area contributed by atoms with Gasteiger partial charge in [-0.15, -0.1) is 10.2 Å². The maximum absolute atomic E-state index is 13.3. The molecular weight excluding hydrogens is 466 g/mol. The van der Waals surface area contributed by atoms with E-state index < -0.39 is 17.7 Å². The number of ketones is 1. The number of hydrogen-bond acceptors (Lipinski definition) is 8. The maximum Gasteiger partial charge on any atom is 0.301 e. The molecule has 35 heavy (non-hydrogen) atoms. The number of hydrogen-bond donors (Lipinski definition) is 1. The van der Waals surface area contributed by atoms with Crippen LogP contribution in [0.2, 0.25) is 0 Å². The van der Waals surface area contributed by atoms with Crippen LogP contribution in [-0.4, -0.2) is 40.2 Å². The summed E-state index contributed by atoms with van der Waals surface area (Å²) in [4.78, 5) is 27.7. The van der Waals surface area contributed by atoms with Crippen LogP contribution >= 0.6 is 11.3 Å². The standard InChI is InChI=1S/C26H27N3O5S/c1-4-13-33-19-11-9-17(10-12-19)23(30)21-22(18-7-6-8-20(15-18)34-14-5-2)29(25(32)24(21)31)26-28-27-16(3)35-26/h6-12,15,22,30H,4-5,13-14H2,1-3H3/b23-21+. The quantitative estimate of drug-likeness (QED) is 0.253. The van der Waals surface area contributed by atoms with Gasteiger partial charge in [0.25, 0.3) is 5.78 Å². The highest BCUT2D eigenvalue weighted by Gasteiger charge is 2.48. The molecule has 3 aromatic rings. The van der Waals surface area contributed by atoms with Gasteiger partial charge in [0, 0.05) is 5.56 Å². The third-order valence-electron chi connectivity index (χ3n) is 5.41. The molecule has 1 amide bonds. The molecule has 0 bridgehead atoms. The Morgan fingerprint density at radius 2 is 1.69 bits per heavy atom. The number of carbonyl (C=O) groups is 2. The van der Waals surface area contributed by atoms with Crippen molar-refractivity contribution in [1.82, 2.24) is 10.2 Å². The number of aromatic nitrogens is 2.